The molecule has 14 atom stereocenters. The lowest BCUT2D eigenvalue weighted by Gasteiger charge is -2.31. The summed E-state index contributed by atoms with van der Waals surface area (Å²) in [4.78, 5) is 253. The van der Waals surface area contributed by atoms with Crippen LogP contribution in [-0.4, -0.2) is 260 Å². The van der Waals surface area contributed by atoms with Crippen molar-refractivity contribution in [3.05, 3.63) is 0 Å². The molecule has 3 rings (SSSR count). The Balaban J connectivity index is 1.77. The molecular formula is C71H123N20O23PS. The number of likely N-dealkylation sites (tertiary alicyclic amines) is 1. The number of thioether (sulfide) groups is 1. The predicted octanol–water partition coefficient (Wildman–Crippen LogP) is -4.51. The van der Waals surface area contributed by atoms with Gasteiger partial charge in [0.05, 0.1) is 31.8 Å². The van der Waals surface area contributed by atoms with Crippen molar-refractivity contribution >= 4 is 126 Å². The van der Waals surface area contributed by atoms with Crippen molar-refractivity contribution in [3.63, 3.8) is 0 Å². The van der Waals surface area contributed by atoms with Gasteiger partial charge in [0.1, 0.15) is 66.5 Å². The van der Waals surface area contributed by atoms with Gasteiger partial charge in [-0.2, -0.15) is 11.8 Å². The monoisotopic (exact) mass is 1690 g/mol. The van der Waals surface area contributed by atoms with Gasteiger partial charge in [-0.15, -0.1) is 0 Å². The van der Waals surface area contributed by atoms with Gasteiger partial charge in [0, 0.05) is 43.4 Å². The van der Waals surface area contributed by atoms with Gasteiger partial charge < -0.3 is 122 Å². The fraction of sp³-hybridized carbons (Fsp3) is 0.746. The standard InChI is InChI=1S/C71H123N20O23PS/c1-36(2)28-45(80-55(94)33-78-54(93)32-77-53(92)20-11-10-19-52-58-50(35-116-52)89-71(110)90-58)65(105)87-48(31-39(7)8)66(106)82-42(16-12-13-25-72)61(101)85-46(29-37(3)4)64(104)79-40(9)60(100)88-49(34-114-115(111,112)113)69(109)91-27-15-18-51(91)68(108)84-44(22-24-57(97)98)63(103)86-47(30-38(5)6)67(107)83-43(21-23-56(95)96)62(102)81-41(59(73)99)17-14-26-76-70(74)75/h36-52,58H,10-35,72H2,1-9H3,(H2,73,99)(H,77,92)(H,78,93)(H,79,104)(H,80,94)(H,81,102)(H,82,106)(H,83,107)(H,84,108)(H,85,101)(H,86,103)(H,87,105)(H,88,100)(H,95,96)(H,97,98)(H4,74,75,76)(H2,89,90,110)(H2,111,112,113)/t40-,41-,42-,43-,44-,45-,46-,47-,48-,49-,50-,51-,52-,58-/m0/s1. The first-order valence-corrected chi connectivity index (χ1v) is 41.7. The average Bonchev–Trinajstić information content (AvgIpc) is 1.65. The van der Waals surface area contributed by atoms with E-state index >= 15 is 0 Å². The van der Waals surface area contributed by atoms with Gasteiger partial charge in [-0.3, -0.25) is 86.2 Å². The molecule has 3 saturated heterocycles. The summed E-state index contributed by atoms with van der Waals surface area (Å²) in [6.07, 6.45) is 0.239. The van der Waals surface area contributed by atoms with Gasteiger partial charge in [0.2, 0.25) is 82.7 Å². The number of carbonyl (C=O) groups is 17. The summed E-state index contributed by atoms with van der Waals surface area (Å²) in [6, 6.07) is -16.8. The number of unbranched alkanes of at least 4 members (excludes halogenated alkanes) is 2. The molecule has 0 spiro atoms. The van der Waals surface area contributed by atoms with E-state index in [0.717, 1.165) is 23.5 Å². The summed E-state index contributed by atoms with van der Waals surface area (Å²) < 4.78 is 16.8. The van der Waals surface area contributed by atoms with Crippen LogP contribution in [-0.2, 0) is 85.8 Å². The molecule has 0 aliphatic carbocycles. The molecule has 26 N–H and O–H groups in total. The number of nitrogens with zero attached hydrogens (tertiary/aromatic N) is 2. The molecule has 0 bridgehead atoms. The molecule has 3 aliphatic rings. The molecule has 0 unspecified atom stereocenters. The molecule has 16 amide bonds. The summed E-state index contributed by atoms with van der Waals surface area (Å²) in [7, 11) is -5.43. The number of aliphatic imine (C=N–C) groups is 1. The van der Waals surface area contributed by atoms with Crippen molar-refractivity contribution in [1.82, 2.24) is 79.3 Å². The lowest BCUT2D eigenvalue weighted by atomic mass is 9.99. The summed E-state index contributed by atoms with van der Waals surface area (Å²) in [5.74, 6) is -16.2. The lowest BCUT2D eigenvalue weighted by molar-refractivity contribution is -0.143. The third-order valence-corrected chi connectivity index (χ3v) is 20.7. The van der Waals surface area contributed by atoms with E-state index < -0.39 is 214 Å². The molecular weight excluding hydrogens is 1560 g/mol. The molecule has 45 heteroatoms. The Bertz CT molecular complexity index is 3480. The van der Waals surface area contributed by atoms with Crippen molar-refractivity contribution in [2.45, 2.75) is 268 Å². The second kappa shape index (κ2) is 50.8. The van der Waals surface area contributed by atoms with Crippen LogP contribution in [0.1, 0.15) is 184 Å². The summed E-state index contributed by atoms with van der Waals surface area (Å²) in [6.45, 7) is 12.8. The number of carbonyl (C=O) groups excluding carboxylic acids is 15. The maximum absolute atomic E-state index is 14.6. The number of urea groups is 1. The number of phosphoric acid groups is 1. The number of hydrogen-bond donors (Lipinski definition) is 22. The summed E-state index contributed by atoms with van der Waals surface area (Å²) in [5, 5.41) is 55.3. The number of rotatable bonds is 55. The van der Waals surface area contributed by atoms with E-state index in [0.29, 0.717) is 12.8 Å². The largest absolute Gasteiger partial charge is 0.481 e. The maximum atomic E-state index is 14.6. The van der Waals surface area contributed by atoms with Crippen LogP contribution in [0.3, 0.4) is 0 Å². The molecule has 3 heterocycles. The zero-order valence-electron chi connectivity index (χ0n) is 67.4. The third kappa shape index (κ3) is 38.5. The Morgan fingerprint density at radius 1 is 0.526 bits per heavy atom. The van der Waals surface area contributed by atoms with Crippen molar-refractivity contribution < 1.29 is 111 Å². The van der Waals surface area contributed by atoms with Crippen molar-refractivity contribution in [2.24, 2.45) is 51.6 Å². The van der Waals surface area contributed by atoms with Crippen molar-refractivity contribution in [1.29, 1.82) is 0 Å². The number of nitrogens with one attached hydrogen (secondary N) is 14. The molecule has 0 aromatic heterocycles. The fourth-order valence-electron chi connectivity index (χ4n) is 12.9. The smallest absolute Gasteiger partial charge is 0.469 e. The number of guanidine groups is 1. The van der Waals surface area contributed by atoms with E-state index in [1.54, 1.807) is 67.2 Å². The number of primary amides is 1. The number of hydrogen-bond acceptors (Lipinski definition) is 22. The SMILES string of the molecule is CC(C)C[C@H](NC(=O)CNC(=O)CNC(=O)CCCC[C@@H]1SC[C@@H]2NC(=O)N[C@@H]21)C(=O)N[C@@H](CC(C)C)C(=O)N[C@@H](CCCCN)C(=O)N[C@@H](CC(C)C)C(=O)N[C@@H](C)C(=O)N[C@@H](COP(=O)(O)O)C(=O)N1CCC[C@H]1C(=O)N[C@@H](CCC(=O)O)C(=O)N[C@@H](CC(C)C)C(=O)N[C@@H](CCC(=O)O)C(=O)N[C@@H](CCCN=C(N)N)C(N)=O. The van der Waals surface area contributed by atoms with Crippen LogP contribution in [0.25, 0.3) is 0 Å². The molecule has 3 aliphatic heterocycles. The first kappa shape index (κ1) is 101. The number of fused-ring (bicyclic) bond motifs is 1. The Morgan fingerprint density at radius 3 is 1.47 bits per heavy atom. The van der Waals surface area contributed by atoms with E-state index in [1.165, 1.54) is 6.92 Å². The second-order valence-electron chi connectivity index (χ2n) is 30.8. The van der Waals surface area contributed by atoms with Gasteiger partial charge in [-0.1, -0.05) is 61.8 Å². The van der Waals surface area contributed by atoms with Crippen LogP contribution >= 0.6 is 19.6 Å². The Kier molecular flexibility index (Phi) is 44.1. The Morgan fingerprint density at radius 2 is 0.974 bits per heavy atom. The molecule has 656 valence electrons. The molecule has 0 saturated carbocycles. The number of carboxylic acid groups (broad SMARTS) is 2. The Labute approximate surface area is 678 Å². The van der Waals surface area contributed by atoms with E-state index in [9.17, 15) is 106 Å². The maximum Gasteiger partial charge on any atom is 0.469 e. The second-order valence-corrected chi connectivity index (χ2v) is 33.3. The third-order valence-electron chi connectivity index (χ3n) is 18.7. The van der Waals surface area contributed by atoms with Gasteiger partial charge in [0.25, 0.3) is 0 Å². The fourth-order valence-corrected chi connectivity index (χ4v) is 14.8. The zero-order chi connectivity index (χ0) is 87.3. The van der Waals surface area contributed by atoms with Crippen LogP contribution in [0.4, 0.5) is 4.79 Å². The first-order chi connectivity index (χ1) is 54.4. The van der Waals surface area contributed by atoms with Crippen molar-refractivity contribution in [2.75, 3.05) is 45.1 Å². The predicted molar refractivity (Wildman–Crippen MR) is 421 cm³/mol. The quantitative estimate of drug-likeness (QED) is 0.00897. The zero-order valence-corrected chi connectivity index (χ0v) is 69.1. The highest BCUT2D eigenvalue weighted by atomic mass is 32.2. The molecule has 43 nitrogen and oxygen atoms in total. The molecule has 0 aromatic carbocycles. The van der Waals surface area contributed by atoms with Crippen LogP contribution in [0.2, 0.25) is 0 Å². The summed E-state index contributed by atoms with van der Waals surface area (Å²) >= 11 is 1.76. The minimum atomic E-state index is -5.43. The molecule has 0 radical (unpaired) electrons. The highest BCUT2D eigenvalue weighted by molar-refractivity contribution is 8.00. The Hall–Kier alpha value is -9.52. The van der Waals surface area contributed by atoms with Crippen molar-refractivity contribution in [3.8, 4) is 0 Å². The first-order valence-electron chi connectivity index (χ1n) is 39.1. The number of phosphoric ester groups is 1. The minimum absolute atomic E-state index is 0.0272. The van der Waals surface area contributed by atoms with Crippen LogP contribution in [0, 0.1) is 23.7 Å². The number of aliphatic carboxylic acids is 2. The minimum Gasteiger partial charge on any atom is -0.481 e. The average molecular weight is 1690 g/mol. The number of nitrogens with two attached hydrogens (primary N) is 4. The molecule has 0 aromatic rings. The normalized spacial score (nSPS) is 18.3. The van der Waals surface area contributed by atoms with Crippen LogP contribution in [0.15, 0.2) is 4.99 Å². The van der Waals surface area contributed by atoms with E-state index in [-0.39, 0.29) is 143 Å². The molecule has 116 heavy (non-hydrogen) atoms. The van der Waals surface area contributed by atoms with Gasteiger partial charge in [0.15, 0.2) is 5.96 Å². The number of amides is 16. The highest BCUT2D eigenvalue weighted by Gasteiger charge is 2.44. The lowest BCUT2D eigenvalue weighted by Crippen LogP contribution is -2.61. The van der Waals surface area contributed by atoms with Gasteiger partial charge in [-0.25, -0.2) is 9.36 Å². The number of carboxylic acids is 2. The highest BCUT2D eigenvalue weighted by Crippen LogP contribution is 2.36. The van der Waals surface area contributed by atoms with E-state index in [4.69, 9.17) is 22.9 Å². The van der Waals surface area contributed by atoms with E-state index in [1.807, 2.05) is 0 Å². The van der Waals surface area contributed by atoms with Gasteiger partial charge >= 0.3 is 25.8 Å². The summed E-state index contributed by atoms with van der Waals surface area (Å²) in [5.41, 5.74) is 22.0. The van der Waals surface area contributed by atoms with E-state index in [2.05, 4.69) is 84.0 Å². The van der Waals surface area contributed by atoms with Gasteiger partial charge in [-0.05, 0) is 133 Å². The van der Waals surface area contributed by atoms with Crippen LogP contribution in [0.5, 0.6) is 0 Å². The van der Waals surface area contributed by atoms with Crippen LogP contribution < -0.4 is 97.4 Å². The molecule has 3 fully saturated rings. The topological polar surface area (TPSA) is 686 Å².